The third kappa shape index (κ3) is 2.86. The quantitative estimate of drug-likeness (QED) is 0.520. The molecule has 0 aromatic heterocycles. The molecular weight excluding hydrogens is 327 g/mol. The van der Waals surface area contributed by atoms with Crippen LogP contribution in [0, 0.1) is 12.7 Å². The molecule has 0 radical (unpaired) electrons. The Balaban J connectivity index is 2.32. The summed E-state index contributed by atoms with van der Waals surface area (Å²) in [5.41, 5.74) is 4.76. The Morgan fingerprint density at radius 3 is 2.38 bits per heavy atom. The second kappa shape index (κ2) is 5.98. The molecule has 0 spiro atoms. The van der Waals surface area contributed by atoms with Gasteiger partial charge in [-0.1, -0.05) is 64.0 Å². The molecule has 0 aliphatic heterocycles. The summed E-state index contributed by atoms with van der Waals surface area (Å²) in [5, 5.41) is 2.95. The number of halogens is 2. The van der Waals surface area contributed by atoms with Crippen molar-refractivity contribution >= 4 is 26.7 Å². The Morgan fingerprint density at radius 1 is 0.952 bits per heavy atom. The van der Waals surface area contributed by atoms with E-state index in [-0.39, 0.29) is 5.82 Å². The van der Waals surface area contributed by atoms with E-state index in [1.54, 1.807) is 6.07 Å². The lowest BCUT2D eigenvalue weighted by Gasteiger charge is -2.13. The maximum absolute atomic E-state index is 13.7. The van der Waals surface area contributed by atoms with Crippen molar-refractivity contribution in [2.45, 2.75) is 13.3 Å². The van der Waals surface area contributed by atoms with Crippen molar-refractivity contribution in [1.82, 2.24) is 0 Å². The molecule has 0 N–H and O–H groups in total. The van der Waals surface area contributed by atoms with Crippen molar-refractivity contribution in [1.29, 1.82) is 0 Å². The minimum absolute atomic E-state index is 0.188. The summed E-state index contributed by atoms with van der Waals surface area (Å²) in [6, 6.07) is 17.7. The van der Waals surface area contributed by atoms with Crippen LogP contribution in [0.4, 0.5) is 4.39 Å². The van der Waals surface area contributed by atoms with E-state index < -0.39 is 0 Å². The number of rotatable bonds is 3. The first-order chi connectivity index (χ1) is 10.2. The molecule has 0 amide bonds. The summed E-state index contributed by atoms with van der Waals surface area (Å²) in [6.07, 6.45) is 0.926. The second-order valence-electron chi connectivity index (χ2n) is 5.27. The number of hydrogen-bond acceptors (Lipinski definition) is 0. The van der Waals surface area contributed by atoms with Crippen LogP contribution in [-0.4, -0.2) is 5.33 Å². The zero-order chi connectivity index (χ0) is 14.8. The Bertz CT molecular complexity index is 775. The van der Waals surface area contributed by atoms with E-state index in [0.717, 1.165) is 33.7 Å². The molecular formula is C19H16BrF. The molecule has 0 saturated carbocycles. The highest BCUT2D eigenvalue weighted by Crippen LogP contribution is 2.33. The Kier molecular flexibility index (Phi) is 4.07. The number of aryl methyl sites for hydroxylation is 2. The molecule has 0 nitrogen and oxygen atoms in total. The van der Waals surface area contributed by atoms with Crippen LogP contribution in [0.5, 0.6) is 0 Å². The SMILES string of the molecule is Cc1ccc(-c2c(CCBr)ccc3ccc(F)cc23)cc1. The monoisotopic (exact) mass is 342 g/mol. The fraction of sp³-hybridized carbons (Fsp3) is 0.158. The van der Waals surface area contributed by atoms with Crippen LogP contribution in [0.2, 0.25) is 0 Å². The molecule has 0 atom stereocenters. The molecule has 0 unspecified atom stereocenters. The van der Waals surface area contributed by atoms with E-state index in [1.165, 1.54) is 17.2 Å². The first-order valence-electron chi connectivity index (χ1n) is 7.03. The smallest absolute Gasteiger partial charge is 0.123 e. The van der Waals surface area contributed by atoms with Gasteiger partial charge in [-0.2, -0.15) is 0 Å². The zero-order valence-corrected chi connectivity index (χ0v) is 13.5. The van der Waals surface area contributed by atoms with Crippen molar-refractivity contribution in [3.63, 3.8) is 0 Å². The molecule has 3 aromatic rings. The molecule has 0 saturated heterocycles. The van der Waals surface area contributed by atoms with E-state index in [4.69, 9.17) is 0 Å². The van der Waals surface area contributed by atoms with Gasteiger partial charge >= 0.3 is 0 Å². The molecule has 0 aliphatic rings. The van der Waals surface area contributed by atoms with Crippen molar-refractivity contribution in [2.75, 3.05) is 5.33 Å². The predicted molar refractivity (Wildman–Crippen MR) is 91.6 cm³/mol. The van der Waals surface area contributed by atoms with Crippen LogP contribution in [0.1, 0.15) is 11.1 Å². The van der Waals surface area contributed by atoms with E-state index in [0.29, 0.717) is 0 Å². The minimum Gasteiger partial charge on any atom is -0.207 e. The van der Waals surface area contributed by atoms with Gasteiger partial charge in [0.05, 0.1) is 0 Å². The van der Waals surface area contributed by atoms with Crippen molar-refractivity contribution < 1.29 is 4.39 Å². The number of hydrogen-bond donors (Lipinski definition) is 0. The first-order valence-corrected chi connectivity index (χ1v) is 8.15. The topological polar surface area (TPSA) is 0 Å². The Hall–Kier alpha value is -1.67. The lowest BCUT2D eigenvalue weighted by atomic mass is 9.92. The van der Waals surface area contributed by atoms with Gasteiger partial charge in [-0.15, -0.1) is 0 Å². The molecule has 0 heterocycles. The second-order valence-corrected chi connectivity index (χ2v) is 6.06. The summed E-state index contributed by atoms with van der Waals surface area (Å²) in [4.78, 5) is 0. The number of fused-ring (bicyclic) bond motifs is 1. The van der Waals surface area contributed by atoms with E-state index in [2.05, 4.69) is 59.3 Å². The van der Waals surface area contributed by atoms with Crippen LogP contribution in [0.15, 0.2) is 54.6 Å². The van der Waals surface area contributed by atoms with Gasteiger partial charge in [-0.3, -0.25) is 0 Å². The highest BCUT2D eigenvalue weighted by Gasteiger charge is 2.10. The molecule has 3 rings (SSSR count). The highest BCUT2D eigenvalue weighted by atomic mass is 79.9. The molecule has 2 heteroatoms. The fourth-order valence-electron chi connectivity index (χ4n) is 2.71. The molecule has 106 valence electrons. The molecule has 3 aromatic carbocycles. The van der Waals surface area contributed by atoms with Crippen LogP contribution in [0.3, 0.4) is 0 Å². The molecule has 0 aliphatic carbocycles. The average Bonchev–Trinajstić information content (AvgIpc) is 2.48. The van der Waals surface area contributed by atoms with Gasteiger partial charge in [0.25, 0.3) is 0 Å². The number of benzene rings is 3. The summed E-state index contributed by atoms with van der Waals surface area (Å²) >= 11 is 3.51. The molecule has 0 fully saturated rings. The fourth-order valence-corrected chi connectivity index (χ4v) is 3.14. The normalized spacial score (nSPS) is 11.0. The summed E-state index contributed by atoms with van der Waals surface area (Å²) < 4.78 is 13.7. The zero-order valence-electron chi connectivity index (χ0n) is 11.9. The van der Waals surface area contributed by atoms with E-state index in [1.807, 2.05) is 6.07 Å². The van der Waals surface area contributed by atoms with E-state index in [9.17, 15) is 4.39 Å². The number of alkyl halides is 1. The Morgan fingerprint density at radius 2 is 1.67 bits per heavy atom. The van der Waals surface area contributed by atoms with Gasteiger partial charge in [0.2, 0.25) is 0 Å². The van der Waals surface area contributed by atoms with Crippen LogP contribution in [-0.2, 0) is 6.42 Å². The van der Waals surface area contributed by atoms with Crippen molar-refractivity contribution in [3.8, 4) is 11.1 Å². The Labute approximate surface area is 132 Å². The maximum Gasteiger partial charge on any atom is 0.123 e. The molecule has 0 bridgehead atoms. The highest BCUT2D eigenvalue weighted by molar-refractivity contribution is 9.09. The first kappa shape index (κ1) is 14.3. The standard InChI is InChI=1S/C19H16BrF/c1-13-2-4-15(5-3-13)19-16(10-11-20)7-6-14-8-9-17(21)12-18(14)19/h2-9,12H,10-11H2,1H3. The lowest BCUT2D eigenvalue weighted by Crippen LogP contribution is -1.93. The summed E-state index contributed by atoms with van der Waals surface area (Å²) in [7, 11) is 0. The largest absolute Gasteiger partial charge is 0.207 e. The van der Waals surface area contributed by atoms with Gasteiger partial charge < -0.3 is 0 Å². The third-order valence-electron chi connectivity index (χ3n) is 3.77. The summed E-state index contributed by atoms with van der Waals surface area (Å²) in [5.74, 6) is -0.188. The minimum atomic E-state index is -0.188. The maximum atomic E-state index is 13.7. The van der Waals surface area contributed by atoms with Crippen LogP contribution in [0.25, 0.3) is 21.9 Å². The average molecular weight is 343 g/mol. The third-order valence-corrected chi connectivity index (χ3v) is 4.17. The van der Waals surface area contributed by atoms with Gasteiger partial charge in [0, 0.05) is 5.33 Å². The summed E-state index contributed by atoms with van der Waals surface area (Å²) in [6.45, 7) is 2.08. The predicted octanol–water partition coefficient (Wildman–Crippen LogP) is 5.89. The van der Waals surface area contributed by atoms with Gasteiger partial charge in [-0.25, -0.2) is 4.39 Å². The molecule has 21 heavy (non-hydrogen) atoms. The van der Waals surface area contributed by atoms with Crippen LogP contribution < -0.4 is 0 Å². The van der Waals surface area contributed by atoms with Crippen molar-refractivity contribution in [3.05, 3.63) is 71.5 Å². The van der Waals surface area contributed by atoms with Gasteiger partial charge in [0.15, 0.2) is 0 Å². The van der Waals surface area contributed by atoms with Gasteiger partial charge in [0.1, 0.15) is 5.82 Å². The van der Waals surface area contributed by atoms with Gasteiger partial charge in [-0.05, 0) is 52.9 Å². The van der Waals surface area contributed by atoms with E-state index >= 15 is 0 Å². The van der Waals surface area contributed by atoms with Crippen molar-refractivity contribution in [2.24, 2.45) is 0 Å². The lowest BCUT2D eigenvalue weighted by molar-refractivity contribution is 0.630. The van der Waals surface area contributed by atoms with Crippen LogP contribution >= 0.6 is 15.9 Å².